The Bertz CT molecular complexity index is 1670. The lowest BCUT2D eigenvalue weighted by Gasteiger charge is -2.44. The molecule has 0 amide bonds. The number of esters is 5. The van der Waals surface area contributed by atoms with Crippen LogP contribution < -0.4 is 10.2 Å². The zero-order valence-electron chi connectivity index (χ0n) is 25.5. The summed E-state index contributed by atoms with van der Waals surface area (Å²) < 4.78 is 44.3. The molecule has 0 radical (unpaired) electrons. The molecule has 1 fully saturated rings. The van der Waals surface area contributed by atoms with E-state index in [1.807, 2.05) is 0 Å². The molecule has 2 aromatic heterocycles. The normalized spacial score (nSPS) is 20.8. The number of nitrogens with zero attached hydrogens (tertiary/aromatic N) is 1. The second kappa shape index (κ2) is 15.0. The number of hydrogen-bond donors (Lipinski definition) is 0. The summed E-state index contributed by atoms with van der Waals surface area (Å²) in [4.78, 5) is 78.1. The molecular weight excluding hydrogens is 630 g/mol. The Labute approximate surface area is 265 Å². The van der Waals surface area contributed by atoms with Gasteiger partial charge in [-0.3, -0.25) is 24.0 Å². The summed E-state index contributed by atoms with van der Waals surface area (Å²) in [5.74, 6) is -3.97. The Hall–Kier alpha value is -4.83. The Morgan fingerprint density at radius 1 is 0.848 bits per heavy atom. The van der Waals surface area contributed by atoms with Crippen LogP contribution in [-0.4, -0.2) is 85.2 Å². The highest BCUT2D eigenvalue weighted by Crippen LogP contribution is 2.31. The van der Waals surface area contributed by atoms with Crippen LogP contribution in [0, 0.1) is 0 Å². The van der Waals surface area contributed by atoms with Gasteiger partial charge in [-0.25, -0.2) is 9.78 Å². The van der Waals surface area contributed by atoms with Crippen LogP contribution in [0.5, 0.6) is 5.75 Å². The third-order valence-corrected chi connectivity index (χ3v) is 7.10. The molecule has 3 heterocycles. The molecule has 0 saturated carbocycles. The fourth-order valence-corrected chi connectivity index (χ4v) is 5.35. The van der Waals surface area contributed by atoms with E-state index in [9.17, 15) is 28.8 Å². The molecule has 4 rings (SSSR count). The third kappa shape index (κ3) is 8.06. The summed E-state index contributed by atoms with van der Waals surface area (Å²) in [6, 6.07) is 4.28. The van der Waals surface area contributed by atoms with Gasteiger partial charge in [0, 0.05) is 39.1 Å². The minimum atomic E-state index is -1.36. The maximum atomic E-state index is 13.5. The lowest BCUT2D eigenvalue weighted by atomic mass is 9.94. The molecule has 1 aromatic carbocycles. The van der Waals surface area contributed by atoms with Crippen molar-refractivity contribution in [1.82, 2.24) is 4.98 Å². The van der Waals surface area contributed by atoms with Crippen molar-refractivity contribution in [3.63, 3.8) is 0 Å². The molecule has 246 valence electrons. The second-order valence-electron chi connectivity index (χ2n) is 9.94. The first-order valence-corrected chi connectivity index (χ1v) is 14.9. The van der Waals surface area contributed by atoms with E-state index in [-0.39, 0.29) is 47.0 Å². The largest absolute Gasteiger partial charge is 0.491 e. The van der Waals surface area contributed by atoms with Gasteiger partial charge in [-0.2, -0.15) is 0 Å². The standard InChI is InChI=1S/C30H31NO14S/c1-6-38-30(37)28-24(20-12-46-13-31-20)25(36)19-8-7-18(9-21(19)45-28)40-11-23-27(42-16(4)34)29(43-17(5)35)26(41-15(3)33)22(44-23)10-39-14(2)32/h7-9,12-13,22-23,26-27,29H,6,10-11H2,1-5H3/t22-,23+,26-,27+,29+/m1/s1. The number of hydrogen-bond acceptors (Lipinski definition) is 16. The van der Waals surface area contributed by atoms with Crippen molar-refractivity contribution in [2.24, 2.45) is 0 Å². The molecule has 1 saturated heterocycles. The number of benzene rings is 1. The van der Waals surface area contributed by atoms with Gasteiger partial charge in [0.2, 0.25) is 11.2 Å². The second-order valence-corrected chi connectivity index (χ2v) is 10.7. The van der Waals surface area contributed by atoms with Crippen molar-refractivity contribution in [3.05, 3.63) is 45.1 Å². The van der Waals surface area contributed by atoms with Crippen molar-refractivity contribution in [3.8, 4) is 17.0 Å². The predicted octanol–water partition coefficient (Wildman–Crippen LogP) is 2.60. The first kappa shape index (κ1) is 34.1. The summed E-state index contributed by atoms with van der Waals surface area (Å²) in [6.45, 7) is 5.45. The fourth-order valence-electron chi connectivity index (χ4n) is 4.80. The quantitative estimate of drug-likeness (QED) is 0.215. The van der Waals surface area contributed by atoms with E-state index < -0.39 is 72.4 Å². The lowest BCUT2D eigenvalue weighted by molar-refractivity contribution is -0.255. The Morgan fingerprint density at radius 2 is 1.48 bits per heavy atom. The fraction of sp³-hybridized carbons (Fsp3) is 0.433. The van der Waals surface area contributed by atoms with Crippen LogP contribution >= 0.6 is 11.3 Å². The van der Waals surface area contributed by atoms with E-state index in [1.54, 1.807) is 12.3 Å². The van der Waals surface area contributed by atoms with Crippen molar-refractivity contribution in [2.45, 2.75) is 65.1 Å². The number of rotatable bonds is 11. The average Bonchev–Trinajstić information content (AvgIpc) is 3.51. The van der Waals surface area contributed by atoms with Gasteiger partial charge < -0.3 is 37.6 Å². The summed E-state index contributed by atoms with van der Waals surface area (Å²) in [6.07, 6.45) is -6.30. The smallest absolute Gasteiger partial charge is 0.375 e. The highest BCUT2D eigenvalue weighted by atomic mass is 32.1. The maximum Gasteiger partial charge on any atom is 0.375 e. The maximum absolute atomic E-state index is 13.5. The molecule has 0 N–H and O–H groups in total. The van der Waals surface area contributed by atoms with Gasteiger partial charge >= 0.3 is 29.8 Å². The van der Waals surface area contributed by atoms with Crippen LogP contribution in [0.15, 0.2) is 38.3 Å². The number of fused-ring (bicyclic) bond motifs is 1. The van der Waals surface area contributed by atoms with E-state index in [1.165, 1.54) is 42.0 Å². The van der Waals surface area contributed by atoms with Crippen LogP contribution in [0.2, 0.25) is 0 Å². The first-order valence-electron chi connectivity index (χ1n) is 14.0. The first-order chi connectivity index (χ1) is 21.9. The molecule has 5 atom stereocenters. The van der Waals surface area contributed by atoms with Crippen LogP contribution in [0.4, 0.5) is 0 Å². The Kier molecular flexibility index (Phi) is 11.1. The Morgan fingerprint density at radius 3 is 2.04 bits per heavy atom. The number of aromatic nitrogens is 1. The molecule has 1 aliphatic heterocycles. The zero-order chi connectivity index (χ0) is 33.5. The minimum absolute atomic E-state index is 0.00563. The van der Waals surface area contributed by atoms with Crippen LogP contribution in [0.1, 0.15) is 45.2 Å². The third-order valence-electron chi connectivity index (χ3n) is 6.51. The number of thiazole rings is 1. The average molecular weight is 662 g/mol. The highest BCUT2D eigenvalue weighted by molar-refractivity contribution is 7.07. The van der Waals surface area contributed by atoms with E-state index in [0.717, 1.165) is 20.8 Å². The van der Waals surface area contributed by atoms with Crippen molar-refractivity contribution < 1.29 is 61.5 Å². The van der Waals surface area contributed by atoms with Gasteiger partial charge in [0.15, 0.2) is 18.3 Å². The van der Waals surface area contributed by atoms with Gasteiger partial charge in [-0.15, -0.1) is 11.3 Å². The topological polar surface area (TPSA) is 193 Å². The van der Waals surface area contributed by atoms with Gasteiger partial charge in [0.05, 0.1) is 28.8 Å². The minimum Gasteiger partial charge on any atom is -0.491 e. The molecule has 0 aliphatic carbocycles. The SMILES string of the molecule is CCOC(=O)c1oc2cc(OC[C@@H]3O[C@H](COC(C)=O)[C@@H](OC(C)=O)[C@H](OC(C)=O)[C@H]3OC(C)=O)ccc2c(=O)c1-c1cscn1. The summed E-state index contributed by atoms with van der Waals surface area (Å²) in [5, 5.41) is 1.74. The van der Waals surface area contributed by atoms with Crippen LogP contribution in [-0.2, 0) is 47.6 Å². The molecule has 46 heavy (non-hydrogen) atoms. The summed E-state index contributed by atoms with van der Waals surface area (Å²) in [7, 11) is 0. The van der Waals surface area contributed by atoms with Crippen LogP contribution in [0.25, 0.3) is 22.2 Å². The van der Waals surface area contributed by atoms with E-state index >= 15 is 0 Å². The highest BCUT2D eigenvalue weighted by Gasteiger charge is 2.52. The zero-order valence-corrected chi connectivity index (χ0v) is 26.3. The molecule has 3 aromatic rings. The van der Waals surface area contributed by atoms with Gasteiger partial charge in [0.25, 0.3) is 0 Å². The Balaban J connectivity index is 1.69. The van der Waals surface area contributed by atoms with Crippen molar-refractivity contribution in [2.75, 3.05) is 19.8 Å². The van der Waals surface area contributed by atoms with Gasteiger partial charge in [0.1, 0.15) is 36.8 Å². The van der Waals surface area contributed by atoms with Crippen molar-refractivity contribution >= 4 is 52.2 Å². The van der Waals surface area contributed by atoms with Gasteiger partial charge in [-0.1, -0.05) is 0 Å². The summed E-state index contributed by atoms with van der Waals surface area (Å²) in [5.41, 5.74) is 1.22. The van der Waals surface area contributed by atoms with Crippen molar-refractivity contribution in [1.29, 1.82) is 0 Å². The molecule has 0 unspecified atom stereocenters. The van der Waals surface area contributed by atoms with E-state index in [0.29, 0.717) is 0 Å². The number of carbonyl (C=O) groups excluding carboxylic acids is 5. The number of ether oxygens (including phenoxy) is 7. The molecule has 0 spiro atoms. The summed E-state index contributed by atoms with van der Waals surface area (Å²) >= 11 is 1.24. The number of carbonyl (C=O) groups is 5. The van der Waals surface area contributed by atoms with E-state index in [2.05, 4.69) is 4.98 Å². The molecular formula is C30H31NO14S. The molecule has 16 heteroatoms. The van der Waals surface area contributed by atoms with Crippen LogP contribution in [0.3, 0.4) is 0 Å². The molecule has 1 aliphatic rings. The van der Waals surface area contributed by atoms with E-state index in [4.69, 9.17) is 37.6 Å². The molecule has 15 nitrogen and oxygen atoms in total. The molecule has 0 bridgehead atoms. The lowest BCUT2D eigenvalue weighted by Crippen LogP contribution is -2.63. The predicted molar refractivity (Wildman–Crippen MR) is 157 cm³/mol. The monoisotopic (exact) mass is 661 g/mol. The van der Waals surface area contributed by atoms with Gasteiger partial charge in [-0.05, 0) is 19.1 Å².